The summed E-state index contributed by atoms with van der Waals surface area (Å²) >= 11 is 0. The standard InChI is InChI=1S/C32H20O4/c33-17-21-1-9-25(10-2-21)29-30(26-11-3-22(18-34)4-12-26)32(28-15-7-24(20-36)8-16-28)31(29)27-13-5-23(19-35)6-14-27/h1-20H. The van der Waals surface area contributed by atoms with Gasteiger partial charge in [-0.05, 0) is 44.5 Å². The zero-order valence-corrected chi connectivity index (χ0v) is 19.2. The van der Waals surface area contributed by atoms with Gasteiger partial charge in [0, 0.05) is 22.3 Å². The maximum absolute atomic E-state index is 11.2. The van der Waals surface area contributed by atoms with Gasteiger partial charge in [-0.3, -0.25) is 19.2 Å². The molecule has 0 aliphatic heterocycles. The van der Waals surface area contributed by atoms with Gasteiger partial charge < -0.3 is 0 Å². The second-order valence-electron chi connectivity index (χ2n) is 8.46. The van der Waals surface area contributed by atoms with Gasteiger partial charge in [-0.25, -0.2) is 0 Å². The largest absolute Gasteiger partial charge is 0.298 e. The third-order valence-corrected chi connectivity index (χ3v) is 6.34. The van der Waals surface area contributed by atoms with E-state index in [9.17, 15) is 19.2 Å². The van der Waals surface area contributed by atoms with Crippen molar-refractivity contribution in [2.75, 3.05) is 0 Å². The molecule has 5 rings (SSSR count). The van der Waals surface area contributed by atoms with E-state index in [-0.39, 0.29) is 0 Å². The van der Waals surface area contributed by atoms with Crippen molar-refractivity contribution in [3.05, 3.63) is 142 Å². The predicted molar refractivity (Wildman–Crippen MR) is 141 cm³/mol. The molecule has 0 unspecified atom stereocenters. The van der Waals surface area contributed by atoms with Crippen LogP contribution in [0.3, 0.4) is 0 Å². The van der Waals surface area contributed by atoms with Crippen LogP contribution in [0.2, 0.25) is 0 Å². The lowest BCUT2D eigenvalue weighted by molar-refractivity contribution is 0.111. The summed E-state index contributed by atoms with van der Waals surface area (Å²) in [7, 11) is 0. The molecule has 0 heterocycles. The van der Waals surface area contributed by atoms with Crippen molar-refractivity contribution in [1.29, 1.82) is 0 Å². The van der Waals surface area contributed by atoms with Crippen LogP contribution in [0.1, 0.15) is 63.7 Å². The van der Waals surface area contributed by atoms with Crippen LogP contribution < -0.4 is 0 Å². The molecule has 0 amide bonds. The fourth-order valence-corrected chi connectivity index (χ4v) is 4.51. The third kappa shape index (κ3) is 4.05. The van der Waals surface area contributed by atoms with Crippen LogP contribution >= 0.6 is 0 Å². The second kappa shape index (κ2) is 9.72. The molecule has 0 N–H and O–H groups in total. The van der Waals surface area contributed by atoms with Gasteiger partial charge in [-0.15, -0.1) is 0 Å². The van der Waals surface area contributed by atoms with E-state index in [1.54, 1.807) is 48.5 Å². The number of aldehydes is 4. The molecule has 4 aromatic rings. The summed E-state index contributed by atoms with van der Waals surface area (Å²) < 4.78 is 0. The quantitative estimate of drug-likeness (QED) is 0.278. The minimum Gasteiger partial charge on any atom is -0.298 e. The van der Waals surface area contributed by atoms with Crippen LogP contribution in [-0.4, -0.2) is 25.1 Å². The average molecular weight is 469 g/mol. The van der Waals surface area contributed by atoms with E-state index in [1.807, 2.05) is 48.5 Å². The fraction of sp³-hybridized carbons (Fsp3) is 0. The summed E-state index contributed by atoms with van der Waals surface area (Å²) in [5, 5.41) is 0. The smallest absolute Gasteiger partial charge is 0.150 e. The predicted octanol–water partition coefficient (Wildman–Crippen LogP) is 6.47. The molecule has 4 aromatic carbocycles. The SMILES string of the molecule is O=Cc1ccc(C2=C(c3ccc(C=O)cc3)C(c3ccc(C=O)cc3)=C2c2ccc(C=O)cc2)cc1. The van der Waals surface area contributed by atoms with Crippen LogP contribution in [0.15, 0.2) is 97.1 Å². The van der Waals surface area contributed by atoms with Crippen LogP contribution in [0.25, 0.3) is 22.3 Å². The van der Waals surface area contributed by atoms with Gasteiger partial charge in [0.1, 0.15) is 25.1 Å². The molecule has 36 heavy (non-hydrogen) atoms. The lowest BCUT2D eigenvalue weighted by Crippen LogP contribution is -2.11. The number of hydrogen-bond donors (Lipinski definition) is 0. The van der Waals surface area contributed by atoms with Crippen molar-refractivity contribution in [2.45, 2.75) is 0 Å². The first-order valence-corrected chi connectivity index (χ1v) is 11.4. The highest BCUT2D eigenvalue weighted by Crippen LogP contribution is 2.56. The van der Waals surface area contributed by atoms with Crippen molar-refractivity contribution < 1.29 is 19.2 Å². The number of hydrogen-bond acceptors (Lipinski definition) is 4. The molecule has 0 aromatic heterocycles. The molecule has 1 aliphatic carbocycles. The summed E-state index contributed by atoms with van der Waals surface area (Å²) in [6.45, 7) is 0. The second-order valence-corrected chi connectivity index (χ2v) is 8.46. The molecule has 0 bridgehead atoms. The van der Waals surface area contributed by atoms with Gasteiger partial charge in [0.25, 0.3) is 0 Å². The number of allylic oxidation sites excluding steroid dienone is 4. The molecule has 0 spiro atoms. The third-order valence-electron chi connectivity index (χ3n) is 6.34. The molecular weight excluding hydrogens is 448 g/mol. The summed E-state index contributed by atoms with van der Waals surface area (Å²) in [6, 6.07) is 29.6. The minimum absolute atomic E-state index is 0.584. The highest BCUT2D eigenvalue weighted by Gasteiger charge is 2.33. The Morgan fingerprint density at radius 3 is 0.583 bits per heavy atom. The maximum Gasteiger partial charge on any atom is 0.150 e. The summed E-state index contributed by atoms with van der Waals surface area (Å²) in [4.78, 5) is 45.0. The number of carbonyl (C=O) groups excluding carboxylic acids is 4. The van der Waals surface area contributed by atoms with Crippen LogP contribution in [0, 0.1) is 0 Å². The van der Waals surface area contributed by atoms with Gasteiger partial charge in [0.2, 0.25) is 0 Å². The normalized spacial score (nSPS) is 12.7. The number of rotatable bonds is 8. The molecule has 0 saturated heterocycles. The average Bonchev–Trinajstić information content (AvgIpc) is 2.94. The topological polar surface area (TPSA) is 68.3 Å². The summed E-state index contributed by atoms with van der Waals surface area (Å²) in [6.07, 6.45) is 3.25. The van der Waals surface area contributed by atoms with Gasteiger partial charge in [0.05, 0.1) is 0 Å². The Morgan fingerprint density at radius 2 is 0.444 bits per heavy atom. The van der Waals surface area contributed by atoms with E-state index >= 15 is 0 Å². The van der Waals surface area contributed by atoms with Crippen molar-refractivity contribution in [1.82, 2.24) is 0 Å². The van der Waals surface area contributed by atoms with E-state index in [4.69, 9.17) is 0 Å². The first kappa shape index (κ1) is 22.8. The van der Waals surface area contributed by atoms with Gasteiger partial charge >= 0.3 is 0 Å². The van der Waals surface area contributed by atoms with Gasteiger partial charge in [0.15, 0.2) is 0 Å². The monoisotopic (exact) mass is 468 g/mol. The molecule has 172 valence electrons. The molecule has 0 saturated carbocycles. The Hall–Kier alpha value is -4.96. The van der Waals surface area contributed by atoms with Crippen LogP contribution in [-0.2, 0) is 0 Å². The van der Waals surface area contributed by atoms with Crippen molar-refractivity contribution in [3.8, 4) is 0 Å². The molecule has 4 nitrogen and oxygen atoms in total. The van der Waals surface area contributed by atoms with E-state index in [0.29, 0.717) is 22.3 Å². The maximum atomic E-state index is 11.2. The zero-order valence-electron chi connectivity index (χ0n) is 19.2. The highest BCUT2D eigenvalue weighted by molar-refractivity contribution is 6.43. The lowest BCUT2D eigenvalue weighted by Gasteiger charge is -2.33. The first-order chi connectivity index (χ1) is 17.7. The van der Waals surface area contributed by atoms with E-state index in [0.717, 1.165) is 69.7 Å². The first-order valence-electron chi connectivity index (χ1n) is 11.4. The minimum atomic E-state index is 0.584. The van der Waals surface area contributed by atoms with Gasteiger partial charge in [-0.2, -0.15) is 0 Å². The van der Waals surface area contributed by atoms with E-state index in [2.05, 4.69) is 0 Å². The Morgan fingerprint density at radius 1 is 0.278 bits per heavy atom. The molecule has 4 heteroatoms. The molecule has 1 aliphatic rings. The Bertz CT molecular complexity index is 1280. The van der Waals surface area contributed by atoms with E-state index in [1.165, 1.54) is 0 Å². The Balaban J connectivity index is 1.77. The lowest BCUT2D eigenvalue weighted by atomic mass is 9.69. The van der Waals surface area contributed by atoms with Crippen LogP contribution in [0.4, 0.5) is 0 Å². The zero-order chi connectivity index (χ0) is 25.1. The summed E-state index contributed by atoms with van der Waals surface area (Å²) in [5.74, 6) is 0. The van der Waals surface area contributed by atoms with Crippen molar-refractivity contribution in [2.24, 2.45) is 0 Å². The van der Waals surface area contributed by atoms with Crippen molar-refractivity contribution in [3.63, 3.8) is 0 Å². The number of carbonyl (C=O) groups is 4. The Kier molecular flexibility index (Phi) is 6.16. The fourth-order valence-electron chi connectivity index (χ4n) is 4.51. The number of benzene rings is 4. The highest BCUT2D eigenvalue weighted by atomic mass is 16.1. The molecule has 0 radical (unpaired) electrons. The molecule has 0 fully saturated rings. The molecule has 0 atom stereocenters. The Labute approximate surface area is 208 Å². The van der Waals surface area contributed by atoms with E-state index < -0.39 is 0 Å². The molecular formula is C32H20O4. The van der Waals surface area contributed by atoms with Crippen LogP contribution in [0.5, 0.6) is 0 Å². The van der Waals surface area contributed by atoms with Crippen molar-refractivity contribution >= 4 is 47.4 Å². The summed E-state index contributed by atoms with van der Waals surface area (Å²) in [5.41, 5.74) is 10.1. The van der Waals surface area contributed by atoms with Gasteiger partial charge in [-0.1, -0.05) is 97.1 Å².